The number of nitrogens with zero attached hydrogens (tertiary/aromatic N) is 5. The van der Waals surface area contributed by atoms with Crippen molar-refractivity contribution in [3.8, 4) is 22.8 Å². The van der Waals surface area contributed by atoms with E-state index in [1.807, 2.05) is 42.5 Å². The van der Waals surface area contributed by atoms with Crippen molar-refractivity contribution in [2.75, 3.05) is 0 Å². The molecule has 0 spiro atoms. The van der Waals surface area contributed by atoms with Crippen molar-refractivity contribution in [3.05, 3.63) is 71.6 Å². The molecule has 2 aromatic carbocycles. The van der Waals surface area contributed by atoms with Crippen molar-refractivity contribution >= 4 is 11.6 Å². The highest BCUT2D eigenvalue weighted by Gasteiger charge is 2.10. The monoisotopic (exact) mass is 337 g/mol. The summed E-state index contributed by atoms with van der Waals surface area (Å²) in [4.78, 5) is 5.93. The van der Waals surface area contributed by atoms with Crippen LogP contribution in [-0.4, -0.2) is 25.2 Å². The number of oxazole rings is 1. The Morgan fingerprint density at radius 1 is 1.00 bits per heavy atom. The first-order chi connectivity index (χ1) is 11.8. The van der Waals surface area contributed by atoms with E-state index >= 15 is 0 Å². The molecule has 2 heterocycles. The van der Waals surface area contributed by atoms with E-state index in [0.717, 1.165) is 16.8 Å². The number of benzene rings is 2. The molecule has 24 heavy (non-hydrogen) atoms. The van der Waals surface area contributed by atoms with E-state index in [2.05, 4.69) is 20.4 Å². The number of hydrogen-bond donors (Lipinski definition) is 0. The molecule has 118 valence electrons. The van der Waals surface area contributed by atoms with Crippen LogP contribution in [-0.2, 0) is 6.54 Å². The zero-order valence-electron chi connectivity index (χ0n) is 12.5. The molecule has 4 aromatic rings. The summed E-state index contributed by atoms with van der Waals surface area (Å²) in [5.74, 6) is 1.09. The second-order valence-electron chi connectivity index (χ2n) is 5.16. The van der Waals surface area contributed by atoms with Crippen molar-refractivity contribution in [1.29, 1.82) is 0 Å². The number of halogens is 1. The second-order valence-corrected chi connectivity index (χ2v) is 5.60. The molecule has 0 aliphatic rings. The van der Waals surface area contributed by atoms with Crippen LogP contribution in [0, 0.1) is 0 Å². The third kappa shape index (κ3) is 3.04. The fourth-order valence-electron chi connectivity index (χ4n) is 2.29. The zero-order valence-corrected chi connectivity index (χ0v) is 13.3. The predicted octanol–water partition coefficient (Wildman–Crippen LogP) is 3.70. The lowest BCUT2D eigenvalue weighted by atomic mass is 10.2. The van der Waals surface area contributed by atoms with Gasteiger partial charge in [-0.25, -0.2) is 4.98 Å². The summed E-state index contributed by atoms with van der Waals surface area (Å²) in [5.41, 5.74) is 2.47. The van der Waals surface area contributed by atoms with E-state index in [-0.39, 0.29) is 0 Å². The molecule has 0 aliphatic carbocycles. The quantitative estimate of drug-likeness (QED) is 0.568. The normalized spacial score (nSPS) is 10.9. The molecule has 6 nitrogen and oxygen atoms in total. The van der Waals surface area contributed by atoms with Crippen molar-refractivity contribution in [1.82, 2.24) is 25.2 Å². The van der Waals surface area contributed by atoms with Crippen LogP contribution in [0.1, 0.15) is 5.69 Å². The van der Waals surface area contributed by atoms with Crippen LogP contribution in [0.25, 0.3) is 22.8 Å². The van der Waals surface area contributed by atoms with Gasteiger partial charge in [0.25, 0.3) is 0 Å². The molecule has 0 amide bonds. The van der Waals surface area contributed by atoms with Gasteiger partial charge in [-0.15, -0.1) is 10.2 Å². The molecular formula is C17H12ClN5O. The minimum Gasteiger partial charge on any atom is -0.444 e. The highest BCUT2D eigenvalue weighted by molar-refractivity contribution is 6.30. The first-order valence-electron chi connectivity index (χ1n) is 7.31. The summed E-state index contributed by atoms with van der Waals surface area (Å²) >= 11 is 5.99. The standard InChI is InChI=1S/C17H12ClN5O/c18-14-8-4-7-13(9-14)16-20-22-23(21-16)10-15-11-24-17(19-15)12-5-2-1-3-6-12/h1-9,11H,10H2. The van der Waals surface area contributed by atoms with Crippen LogP contribution in [0.15, 0.2) is 65.3 Å². The Hall–Kier alpha value is -2.99. The van der Waals surface area contributed by atoms with Crippen LogP contribution in [0.5, 0.6) is 0 Å². The molecule has 0 saturated heterocycles. The van der Waals surface area contributed by atoms with E-state index in [0.29, 0.717) is 23.3 Å². The van der Waals surface area contributed by atoms with Gasteiger partial charge in [0.15, 0.2) is 0 Å². The van der Waals surface area contributed by atoms with Gasteiger partial charge in [-0.1, -0.05) is 41.9 Å². The Labute approximate surface area is 142 Å². The first kappa shape index (κ1) is 14.6. The largest absolute Gasteiger partial charge is 0.444 e. The Morgan fingerprint density at radius 3 is 2.67 bits per heavy atom. The molecule has 0 N–H and O–H groups in total. The van der Waals surface area contributed by atoms with Crippen LogP contribution in [0.3, 0.4) is 0 Å². The fraction of sp³-hybridized carbons (Fsp3) is 0.0588. The third-order valence-corrected chi connectivity index (χ3v) is 3.65. The Morgan fingerprint density at radius 2 is 1.83 bits per heavy atom. The summed E-state index contributed by atoms with van der Waals surface area (Å²) in [6, 6.07) is 17.1. The van der Waals surface area contributed by atoms with Gasteiger partial charge in [-0.05, 0) is 29.5 Å². The molecule has 0 saturated carbocycles. The van der Waals surface area contributed by atoms with E-state index in [1.165, 1.54) is 4.80 Å². The second kappa shape index (κ2) is 6.25. The Bertz CT molecular complexity index is 964. The molecule has 0 radical (unpaired) electrons. The molecule has 2 aromatic heterocycles. The van der Waals surface area contributed by atoms with Gasteiger partial charge in [0.1, 0.15) is 18.5 Å². The van der Waals surface area contributed by atoms with Crippen molar-refractivity contribution in [2.45, 2.75) is 6.54 Å². The predicted molar refractivity (Wildman–Crippen MR) is 89.3 cm³/mol. The molecule has 7 heteroatoms. The van der Waals surface area contributed by atoms with Crippen molar-refractivity contribution in [3.63, 3.8) is 0 Å². The smallest absolute Gasteiger partial charge is 0.226 e. The maximum absolute atomic E-state index is 5.99. The van der Waals surface area contributed by atoms with Gasteiger partial charge in [-0.2, -0.15) is 4.80 Å². The lowest BCUT2D eigenvalue weighted by Crippen LogP contribution is -2.04. The van der Waals surface area contributed by atoms with Gasteiger partial charge < -0.3 is 4.42 Å². The van der Waals surface area contributed by atoms with Crippen LogP contribution in [0.4, 0.5) is 0 Å². The van der Waals surface area contributed by atoms with Crippen molar-refractivity contribution < 1.29 is 4.42 Å². The Kier molecular flexibility index (Phi) is 3.80. The average molecular weight is 338 g/mol. The minimum absolute atomic E-state index is 0.379. The van der Waals surface area contributed by atoms with Gasteiger partial charge in [0, 0.05) is 16.1 Å². The number of hydrogen-bond acceptors (Lipinski definition) is 5. The highest BCUT2D eigenvalue weighted by atomic mass is 35.5. The number of tetrazole rings is 1. The minimum atomic E-state index is 0.379. The van der Waals surface area contributed by atoms with Crippen LogP contribution in [0.2, 0.25) is 5.02 Å². The maximum Gasteiger partial charge on any atom is 0.226 e. The van der Waals surface area contributed by atoms with E-state index in [9.17, 15) is 0 Å². The first-order valence-corrected chi connectivity index (χ1v) is 7.69. The molecule has 0 atom stereocenters. The molecule has 0 fully saturated rings. The topological polar surface area (TPSA) is 69.6 Å². The summed E-state index contributed by atoms with van der Waals surface area (Å²) in [6.07, 6.45) is 1.60. The molecule has 0 aliphatic heterocycles. The van der Waals surface area contributed by atoms with Gasteiger partial charge in [0.05, 0.1) is 0 Å². The number of aromatic nitrogens is 5. The van der Waals surface area contributed by atoms with E-state index < -0.39 is 0 Å². The van der Waals surface area contributed by atoms with E-state index in [4.69, 9.17) is 16.0 Å². The summed E-state index contributed by atoms with van der Waals surface area (Å²) in [6.45, 7) is 0.379. The molecule has 0 unspecified atom stereocenters. The molecule has 4 rings (SSSR count). The van der Waals surface area contributed by atoms with E-state index in [1.54, 1.807) is 18.4 Å². The SMILES string of the molecule is Clc1cccc(-c2nnn(Cc3coc(-c4ccccc4)n3)n2)c1. The summed E-state index contributed by atoms with van der Waals surface area (Å²) in [5, 5.41) is 13.1. The zero-order chi connectivity index (χ0) is 16.4. The summed E-state index contributed by atoms with van der Waals surface area (Å²) in [7, 11) is 0. The van der Waals surface area contributed by atoms with Crippen LogP contribution < -0.4 is 0 Å². The third-order valence-electron chi connectivity index (χ3n) is 3.41. The lowest BCUT2D eigenvalue weighted by molar-refractivity contribution is 0.550. The van der Waals surface area contributed by atoms with Gasteiger partial charge >= 0.3 is 0 Å². The van der Waals surface area contributed by atoms with Crippen LogP contribution >= 0.6 is 11.6 Å². The highest BCUT2D eigenvalue weighted by Crippen LogP contribution is 2.20. The maximum atomic E-state index is 5.99. The Balaban J connectivity index is 1.54. The average Bonchev–Trinajstić information content (AvgIpc) is 3.26. The molecule has 0 bridgehead atoms. The van der Waals surface area contributed by atoms with Crippen molar-refractivity contribution in [2.24, 2.45) is 0 Å². The molecular weight excluding hydrogens is 326 g/mol. The van der Waals surface area contributed by atoms with Gasteiger partial charge in [-0.3, -0.25) is 0 Å². The lowest BCUT2D eigenvalue weighted by Gasteiger charge is -1.95. The number of rotatable bonds is 4. The summed E-state index contributed by atoms with van der Waals surface area (Å²) < 4.78 is 5.51. The fourth-order valence-corrected chi connectivity index (χ4v) is 2.48. The van der Waals surface area contributed by atoms with Gasteiger partial charge in [0.2, 0.25) is 11.7 Å².